The Morgan fingerprint density at radius 1 is 1.17 bits per heavy atom. The molecule has 0 fully saturated rings. The Labute approximate surface area is 104 Å². The van der Waals surface area contributed by atoms with Gasteiger partial charge in [-0.05, 0) is 23.8 Å². The molecule has 3 heteroatoms. The first kappa shape index (κ1) is 10.8. The van der Waals surface area contributed by atoms with Crippen LogP contribution >= 0.6 is 0 Å². The number of rotatable bonds is 1. The molecule has 1 aromatic heterocycles. The van der Waals surface area contributed by atoms with Crippen LogP contribution in [0.25, 0.3) is 21.7 Å². The van der Waals surface area contributed by atoms with E-state index in [1.54, 1.807) is 14.0 Å². The van der Waals surface area contributed by atoms with Gasteiger partial charge in [-0.25, -0.2) is 0 Å². The van der Waals surface area contributed by atoms with E-state index in [-0.39, 0.29) is 5.43 Å². The van der Waals surface area contributed by atoms with Crippen molar-refractivity contribution in [3.63, 3.8) is 0 Å². The molecule has 2 aromatic carbocycles. The molecule has 3 nitrogen and oxygen atoms in total. The van der Waals surface area contributed by atoms with E-state index in [2.05, 4.69) is 0 Å². The van der Waals surface area contributed by atoms with Crippen molar-refractivity contribution in [2.75, 3.05) is 7.11 Å². The highest BCUT2D eigenvalue weighted by molar-refractivity contribution is 6.07. The number of hydrogen-bond acceptors (Lipinski definition) is 3. The van der Waals surface area contributed by atoms with Crippen LogP contribution in [0.4, 0.5) is 0 Å². The number of hydrogen-bond donors (Lipinski definition) is 0. The largest absolute Gasteiger partial charge is 0.493 e. The number of benzene rings is 2. The number of ether oxygens (including phenoxy) is 1. The van der Waals surface area contributed by atoms with E-state index in [0.29, 0.717) is 22.5 Å². The summed E-state index contributed by atoms with van der Waals surface area (Å²) >= 11 is 0. The highest BCUT2D eigenvalue weighted by Gasteiger charge is 2.12. The lowest BCUT2D eigenvalue weighted by Gasteiger charge is -2.08. The molecule has 0 radical (unpaired) electrons. The Hall–Kier alpha value is -2.29. The lowest BCUT2D eigenvalue weighted by atomic mass is 10.0. The molecular weight excluding hydrogens is 228 g/mol. The van der Waals surface area contributed by atoms with E-state index >= 15 is 0 Å². The topological polar surface area (TPSA) is 39.4 Å². The SMILES string of the molecule is COc1cc2ccccc2c2c(=O)cc(C)oc12. The van der Waals surface area contributed by atoms with Gasteiger partial charge in [-0.3, -0.25) is 4.79 Å². The normalized spacial score (nSPS) is 11.0. The summed E-state index contributed by atoms with van der Waals surface area (Å²) in [6, 6.07) is 11.1. The summed E-state index contributed by atoms with van der Waals surface area (Å²) < 4.78 is 11.0. The molecule has 0 aliphatic rings. The van der Waals surface area contributed by atoms with Crippen LogP contribution in [0.1, 0.15) is 5.76 Å². The fourth-order valence-electron chi connectivity index (χ4n) is 2.25. The van der Waals surface area contributed by atoms with E-state index in [0.717, 1.165) is 10.8 Å². The van der Waals surface area contributed by atoms with Gasteiger partial charge in [-0.2, -0.15) is 0 Å². The molecule has 3 rings (SSSR count). The van der Waals surface area contributed by atoms with E-state index < -0.39 is 0 Å². The third-order valence-electron chi connectivity index (χ3n) is 3.03. The predicted molar refractivity (Wildman–Crippen MR) is 71.3 cm³/mol. The Kier molecular flexibility index (Phi) is 2.33. The minimum absolute atomic E-state index is 0.0381. The van der Waals surface area contributed by atoms with Gasteiger partial charge in [0, 0.05) is 6.07 Å². The quantitative estimate of drug-likeness (QED) is 0.613. The average Bonchev–Trinajstić information content (AvgIpc) is 2.37. The summed E-state index contributed by atoms with van der Waals surface area (Å²) in [6.07, 6.45) is 0. The monoisotopic (exact) mass is 240 g/mol. The summed E-state index contributed by atoms with van der Waals surface area (Å²) in [7, 11) is 1.58. The Bertz CT molecular complexity index is 800. The molecule has 0 amide bonds. The van der Waals surface area contributed by atoms with Crippen molar-refractivity contribution in [1.29, 1.82) is 0 Å². The summed E-state index contributed by atoms with van der Waals surface area (Å²) in [4.78, 5) is 12.2. The van der Waals surface area contributed by atoms with Crippen LogP contribution in [-0.2, 0) is 0 Å². The Balaban J connectivity index is 2.66. The average molecular weight is 240 g/mol. The van der Waals surface area contributed by atoms with Crippen LogP contribution < -0.4 is 10.2 Å². The molecule has 18 heavy (non-hydrogen) atoms. The summed E-state index contributed by atoms with van der Waals surface area (Å²) in [5.41, 5.74) is 0.477. The van der Waals surface area contributed by atoms with Gasteiger partial charge < -0.3 is 9.15 Å². The Morgan fingerprint density at radius 3 is 2.72 bits per heavy atom. The van der Waals surface area contributed by atoms with Gasteiger partial charge in [0.1, 0.15) is 5.76 Å². The molecular formula is C15H12O3. The first-order valence-corrected chi connectivity index (χ1v) is 5.71. The van der Waals surface area contributed by atoms with Crippen LogP contribution in [0, 0.1) is 6.92 Å². The van der Waals surface area contributed by atoms with Crippen molar-refractivity contribution in [2.24, 2.45) is 0 Å². The maximum absolute atomic E-state index is 12.2. The van der Waals surface area contributed by atoms with Crippen molar-refractivity contribution in [1.82, 2.24) is 0 Å². The van der Waals surface area contributed by atoms with Crippen molar-refractivity contribution in [2.45, 2.75) is 6.92 Å². The second kappa shape index (κ2) is 3.88. The fourth-order valence-corrected chi connectivity index (χ4v) is 2.25. The summed E-state index contributed by atoms with van der Waals surface area (Å²) in [5, 5.41) is 2.44. The molecule has 3 aromatic rings. The molecule has 0 aliphatic heterocycles. The zero-order valence-electron chi connectivity index (χ0n) is 10.2. The third kappa shape index (κ3) is 1.48. The highest BCUT2D eigenvalue weighted by Crippen LogP contribution is 2.31. The van der Waals surface area contributed by atoms with Crippen LogP contribution in [0.5, 0.6) is 5.75 Å². The maximum Gasteiger partial charge on any atom is 0.193 e. The molecule has 0 N–H and O–H groups in total. The van der Waals surface area contributed by atoms with Crippen molar-refractivity contribution in [3.05, 3.63) is 52.4 Å². The molecule has 0 aliphatic carbocycles. The van der Waals surface area contributed by atoms with Crippen molar-refractivity contribution < 1.29 is 9.15 Å². The zero-order valence-corrected chi connectivity index (χ0v) is 10.2. The summed E-state index contributed by atoms with van der Waals surface area (Å²) in [6.45, 7) is 1.76. The van der Waals surface area contributed by atoms with Crippen LogP contribution in [0.2, 0.25) is 0 Å². The fraction of sp³-hybridized carbons (Fsp3) is 0.133. The number of fused-ring (bicyclic) bond motifs is 3. The first-order valence-electron chi connectivity index (χ1n) is 5.71. The van der Waals surface area contributed by atoms with Crippen LogP contribution in [-0.4, -0.2) is 7.11 Å². The smallest absolute Gasteiger partial charge is 0.193 e. The first-order chi connectivity index (χ1) is 8.70. The van der Waals surface area contributed by atoms with Gasteiger partial charge in [-0.15, -0.1) is 0 Å². The molecule has 0 saturated heterocycles. The van der Waals surface area contributed by atoms with Crippen molar-refractivity contribution in [3.8, 4) is 5.75 Å². The van der Waals surface area contributed by atoms with Gasteiger partial charge in [0.2, 0.25) is 0 Å². The Morgan fingerprint density at radius 2 is 1.94 bits per heavy atom. The second-order valence-corrected chi connectivity index (χ2v) is 4.23. The van der Waals surface area contributed by atoms with Gasteiger partial charge in [-0.1, -0.05) is 24.3 Å². The van der Waals surface area contributed by atoms with Gasteiger partial charge >= 0.3 is 0 Å². The lowest BCUT2D eigenvalue weighted by Crippen LogP contribution is -2.02. The standard InChI is InChI=1S/C15H12O3/c1-9-7-12(16)14-11-6-4-3-5-10(11)8-13(17-2)15(14)18-9/h3-8H,1-2H3. The van der Waals surface area contributed by atoms with Gasteiger partial charge in [0.05, 0.1) is 12.5 Å². The van der Waals surface area contributed by atoms with Crippen molar-refractivity contribution >= 4 is 21.7 Å². The summed E-state index contributed by atoms with van der Waals surface area (Å²) in [5.74, 6) is 1.17. The minimum Gasteiger partial charge on any atom is -0.493 e. The molecule has 0 bridgehead atoms. The molecule has 0 atom stereocenters. The molecule has 90 valence electrons. The van der Waals surface area contributed by atoms with Gasteiger partial charge in [0.25, 0.3) is 0 Å². The molecule has 1 heterocycles. The van der Waals surface area contributed by atoms with E-state index in [9.17, 15) is 4.79 Å². The maximum atomic E-state index is 12.2. The third-order valence-corrected chi connectivity index (χ3v) is 3.03. The van der Waals surface area contributed by atoms with Crippen LogP contribution in [0.15, 0.2) is 45.6 Å². The number of methoxy groups -OCH3 is 1. The van der Waals surface area contributed by atoms with Crippen LogP contribution in [0.3, 0.4) is 0 Å². The molecule has 0 unspecified atom stereocenters. The predicted octanol–water partition coefficient (Wildman–Crippen LogP) is 3.26. The zero-order chi connectivity index (χ0) is 12.7. The minimum atomic E-state index is -0.0381. The van der Waals surface area contributed by atoms with E-state index in [4.69, 9.17) is 9.15 Å². The van der Waals surface area contributed by atoms with Gasteiger partial charge in [0.15, 0.2) is 16.8 Å². The van der Waals surface area contributed by atoms with E-state index in [1.807, 2.05) is 30.3 Å². The number of aryl methyl sites for hydroxylation is 1. The highest BCUT2D eigenvalue weighted by atomic mass is 16.5. The van der Waals surface area contributed by atoms with E-state index in [1.165, 1.54) is 6.07 Å². The lowest BCUT2D eigenvalue weighted by molar-refractivity contribution is 0.408. The molecule has 0 spiro atoms. The molecule has 0 saturated carbocycles. The second-order valence-electron chi connectivity index (χ2n) is 4.23.